The highest BCUT2D eigenvalue weighted by Gasteiger charge is 2.34. The van der Waals surface area contributed by atoms with Gasteiger partial charge in [-0.2, -0.15) is 5.26 Å². The number of unbranched alkanes of at least 4 members (excludes halogenated alkanes) is 1. The van der Waals surface area contributed by atoms with E-state index in [0.29, 0.717) is 24.3 Å². The molecule has 0 fully saturated rings. The van der Waals surface area contributed by atoms with Gasteiger partial charge < -0.3 is 0 Å². The van der Waals surface area contributed by atoms with Gasteiger partial charge >= 0.3 is 0 Å². The lowest BCUT2D eigenvalue weighted by molar-refractivity contribution is 0.592. The van der Waals surface area contributed by atoms with Gasteiger partial charge in [-0.05, 0) is 23.9 Å². The van der Waals surface area contributed by atoms with Crippen LogP contribution in [0.3, 0.4) is 0 Å². The monoisotopic (exact) mass is 272 g/mol. The van der Waals surface area contributed by atoms with Crippen molar-refractivity contribution in [2.75, 3.05) is 10.8 Å². The van der Waals surface area contributed by atoms with Gasteiger partial charge in [0.1, 0.15) is 0 Å². The van der Waals surface area contributed by atoms with Crippen molar-refractivity contribution in [1.29, 1.82) is 5.26 Å². The Hall–Kier alpha value is -2.06. The van der Waals surface area contributed by atoms with E-state index in [1.165, 1.54) is 4.31 Å². The van der Waals surface area contributed by atoms with Crippen molar-refractivity contribution < 1.29 is 8.42 Å². The molecule has 0 unspecified atom stereocenters. The molecule has 0 saturated heterocycles. The van der Waals surface area contributed by atoms with E-state index in [9.17, 15) is 8.42 Å². The highest BCUT2D eigenvalue weighted by atomic mass is 32.2. The number of rotatable bonds is 3. The van der Waals surface area contributed by atoms with Crippen LogP contribution in [-0.2, 0) is 10.0 Å². The number of hydrogen-bond donors (Lipinski definition) is 0. The molecule has 1 heterocycles. The molecule has 0 saturated carbocycles. The Morgan fingerprint density at radius 2 is 1.89 bits per heavy atom. The van der Waals surface area contributed by atoms with Crippen molar-refractivity contribution in [2.24, 2.45) is 0 Å². The Labute approximate surface area is 111 Å². The average Bonchev–Trinajstić information content (AvgIpc) is 2.63. The summed E-state index contributed by atoms with van der Waals surface area (Å²) in [5, 5.41) is 10.3. The highest BCUT2D eigenvalue weighted by molar-refractivity contribution is 7.93. The van der Waals surface area contributed by atoms with Gasteiger partial charge in [-0.3, -0.25) is 4.31 Å². The molecule has 19 heavy (non-hydrogen) atoms. The molecule has 1 aliphatic heterocycles. The quantitative estimate of drug-likeness (QED) is 0.807. The Bertz CT molecular complexity index is 785. The second-order valence-corrected chi connectivity index (χ2v) is 6.30. The van der Waals surface area contributed by atoms with Crippen LogP contribution in [-0.4, -0.2) is 15.0 Å². The SMILES string of the molecule is N#CCCCN1c2cccc3cccc(c23)S1(=O)=O. The van der Waals surface area contributed by atoms with Crippen LogP contribution >= 0.6 is 0 Å². The van der Waals surface area contributed by atoms with Crippen LogP contribution in [0.15, 0.2) is 41.3 Å². The maximum absolute atomic E-state index is 12.5. The summed E-state index contributed by atoms with van der Waals surface area (Å²) in [6, 6.07) is 13.0. The van der Waals surface area contributed by atoms with Crippen LogP contribution in [0, 0.1) is 11.3 Å². The molecule has 1 aliphatic rings. The van der Waals surface area contributed by atoms with Gasteiger partial charge in [0.15, 0.2) is 0 Å². The minimum absolute atomic E-state index is 0.351. The standard InChI is InChI=1S/C14H12N2O2S/c15-9-1-2-10-16-12-7-3-5-11-6-4-8-13(14(11)12)19(16,17)18/h3-8H,1-2,10H2. The zero-order valence-electron chi connectivity index (χ0n) is 10.2. The number of nitrogens with zero attached hydrogens (tertiary/aromatic N) is 2. The van der Waals surface area contributed by atoms with E-state index in [-0.39, 0.29) is 0 Å². The first kappa shape index (κ1) is 12.0. The number of benzene rings is 2. The first-order valence-electron chi connectivity index (χ1n) is 6.08. The maximum atomic E-state index is 12.5. The summed E-state index contributed by atoms with van der Waals surface area (Å²) < 4.78 is 26.4. The largest absolute Gasteiger partial charge is 0.266 e. The molecule has 0 aromatic heterocycles. The summed E-state index contributed by atoms with van der Waals surface area (Å²) in [5.74, 6) is 0. The fourth-order valence-corrected chi connectivity index (χ4v) is 4.25. The van der Waals surface area contributed by atoms with Gasteiger partial charge in [-0.1, -0.05) is 24.3 Å². The van der Waals surface area contributed by atoms with E-state index in [1.54, 1.807) is 12.1 Å². The van der Waals surface area contributed by atoms with Crippen LogP contribution < -0.4 is 4.31 Å². The molecule has 0 aliphatic carbocycles. The molecule has 0 spiro atoms. The van der Waals surface area contributed by atoms with Gasteiger partial charge in [0.2, 0.25) is 0 Å². The lowest BCUT2D eigenvalue weighted by Gasteiger charge is -2.17. The smallest absolute Gasteiger partial charge is 0.265 e. The average molecular weight is 272 g/mol. The molecule has 0 bridgehead atoms. The van der Waals surface area contributed by atoms with Crippen molar-refractivity contribution in [3.8, 4) is 6.07 Å². The summed E-state index contributed by atoms with van der Waals surface area (Å²) in [5.41, 5.74) is 0.728. The molecular weight excluding hydrogens is 260 g/mol. The zero-order chi connectivity index (χ0) is 13.5. The molecule has 5 heteroatoms. The predicted octanol–water partition coefficient (Wildman–Crippen LogP) is 2.65. The van der Waals surface area contributed by atoms with Gasteiger partial charge in [0.25, 0.3) is 10.0 Å². The topological polar surface area (TPSA) is 61.2 Å². The minimum atomic E-state index is -3.45. The van der Waals surface area contributed by atoms with Crippen molar-refractivity contribution in [2.45, 2.75) is 17.7 Å². The predicted molar refractivity (Wildman–Crippen MR) is 73.3 cm³/mol. The van der Waals surface area contributed by atoms with Gasteiger partial charge in [0, 0.05) is 18.4 Å². The fraction of sp³-hybridized carbons (Fsp3) is 0.214. The molecular formula is C14H12N2O2S. The third-order valence-corrected chi connectivity index (χ3v) is 5.19. The number of nitriles is 1. The van der Waals surface area contributed by atoms with E-state index >= 15 is 0 Å². The Balaban J connectivity index is 2.16. The summed E-state index contributed by atoms with van der Waals surface area (Å²) in [6.45, 7) is 0.351. The number of anilines is 1. The normalized spacial score (nSPS) is 15.6. The fourth-order valence-electron chi connectivity index (χ4n) is 2.50. The first-order valence-corrected chi connectivity index (χ1v) is 7.52. The molecule has 0 amide bonds. The second kappa shape index (κ2) is 4.25. The van der Waals surface area contributed by atoms with Crippen LogP contribution in [0.4, 0.5) is 5.69 Å². The molecule has 2 aromatic rings. The van der Waals surface area contributed by atoms with Crippen molar-refractivity contribution in [3.05, 3.63) is 36.4 Å². The molecule has 4 nitrogen and oxygen atoms in total. The summed E-state index contributed by atoms with van der Waals surface area (Å²) >= 11 is 0. The summed E-state index contributed by atoms with van der Waals surface area (Å²) in [6.07, 6.45) is 0.901. The molecule has 3 rings (SSSR count). The van der Waals surface area contributed by atoms with Crippen molar-refractivity contribution in [3.63, 3.8) is 0 Å². The lowest BCUT2D eigenvalue weighted by Crippen LogP contribution is -2.28. The Kier molecular flexibility index (Phi) is 2.68. The van der Waals surface area contributed by atoms with Gasteiger partial charge in [-0.25, -0.2) is 8.42 Å². The first-order chi connectivity index (χ1) is 9.16. The van der Waals surface area contributed by atoms with Gasteiger partial charge in [0.05, 0.1) is 16.7 Å². The van der Waals surface area contributed by atoms with Gasteiger partial charge in [-0.15, -0.1) is 0 Å². The molecule has 0 atom stereocenters. The van der Waals surface area contributed by atoms with Crippen LogP contribution in [0.2, 0.25) is 0 Å². The van der Waals surface area contributed by atoms with E-state index in [1.807, 2.05) is 30.3 Å². The Morgan fingerprint density at radius 1 is 1.16 bits per heavy atom. The van der Waals surface area contributed by atoms with E-state index in [4.69, 9.17) is 5.26 Å². The molecule has 0 N–H and O–H groups in total. The highest BCUT2D eigenvalue weighted by Crippen LogP contribution is 2.41. The van der Waals surface area contributed by atoms with Crippen LogP contribution in [0.5, 0.6) is 0 Å². The number of sulfonamides is 1. The number of hydrogen-bond acceptors (Lipinski definition) is 3. The third kappa shape index (κ3) is 1.68. The molecule has 2 aromatic carbocycles. The maximum Gasteiger partial charge on any atom is 0.265 e. The zero-order valence-corrected chi connectivity index (χ0v) is 11.0. The van der Waals surface area contributed by atoms with Crippen molar-refractivity contribution in [1.82, 2.24) is 0 Å². The van der Waals surface area contributed by atoms with E-state index < -0.39 is 10.0 Å². The molecule has 96 valence electrons. The second-order valence-electron chi connectivity index (χ2n) is 4.47. The van der Waals surface area contributed by atoms with E-state index in [2.05, 4.69) is 0 Å². The summed E-state index contributed by atoms with van der Waals surface area (Å²) in [4.78, 5) is 0.373. The van der Waals surface area contributed by atoms with Crippen molar-refractivity contribution >= 4 is 26.5 Å². The Morgan fingerprint density at radius 3 is 2.63 bits per heavy atom. The van der Waals surface area contributed by atoms with Crippen LogP contribution in [0.1, 0.15) is 12.8 Å². The van der Waals surface area contributed by atoms with E-state index in [0.717, 1.165) is 16.5 Å². The van der Waals surface area contributed by atoms with Crippen LogP contribution in [0.25, 0.3) is 10.8 Å². The minimum Gasteiger partial charge on any atom is -0.266 e. The molecule has 0 radical (unpaired) electrons. The summed E-state index contributed by atoms with van der Waals surface area (Å²) in [7, 11) is -3.45. The third-order valence-electron chi connectivity index (χ3n) is 3.33. The lowest BCUT2D eigenvalue weighted by atomic mass is 10.1.